The number of rotatable bonds is 3. The van der Waals surface area contributed by atoms with E-state index in [-0.39, 0.29) is 23.7 Å². The van der Waals surface area contributed by atoms with Crippen LogP contribution in [0.4, 0.5) is 0 Å². The SMILES string of the molecule is CC(=N)C(=N)C=C(N)CO. The number of aliphatic hydroxyl groups excluding tert-OH is 1. The molecule has 0 fully saturated rings. The first-order valence-electron chi connectivity index (χ1n) is 2.79. The summed E-state index contributed by atoms with van der Waals surface area (Å²) in [6.45, 7) is 1.22. The molecule has 0 saturated heterocycles. The van der Waals surface area contributed by atoms with Crippen molar-refractivity contribution in [1.29, 1.82) is 10.8 Å². The molecule has 0 aromatic heterocycles. The molecule has 5 N–H and O–H groups in total. The minimum Gasteiger partial charge on any atom is -0.400 e. The summed E-state index contributed by atoms with van der Waals surface area (Å²) in [5.41, 5.74) is 5.56. The van der Waals surface area contributed by atoms with Crippen LogP contribution in [-0.2, 0) is 0 Å². The van der Waals surface area contributed by atoms with Crippen molar-refractivity contribution in [3.05, 3.63) is 11.8 Å². The van der Waals surface area contributed by atoms with Gasteiger partial charge in [-0.05, 0) is 13.0 Å². The van der Waals surface area contributed by atoms with Crippen LogP contribution in [0.25, 0.3) is 0 Å². The van der Waals surface area contributed by atoms with Crippen molar-refractivity contribution in [1.82, 2.24) is 0 Å². The van der Waals surface area contributed by atoms with Crippen molar-refractivity contribution < 1.29 is 5.11 Å². The molecule has 0 amide bonds. The summed E-state index contributed by atoms with van der Waals surface area (Å²) in [5.74, 6) is 0. The van der Waals surface area contributed by atoms with E-state index in [1.54, 1.807) is 0 Å². The van der Waals surface area contributed by atoms with E-state index < -0.39 is 0 Å². The van der Waals surface area contributed by atoms with Gasteiger partial charge in [-0.15, -0.1) is 0 Å². The first-order valence-corrected chi connectivity index (χ1v) is 2.79. The second-order valence-electron chi connectivity index (χ2n) is 1.92. The largest absolute Gasteiger partial charge is 0.400 e. The Kier molecular flexibility index (Phi) is 3.35. The van der Waals surface area contributed by atoms with Gasteiger partial charge >= 0.3 is 0 Å². The molecule has 10 heavy (non-hydrogen) atoms. The van der Waals surface area contributed by atoms with Crippen LogP contribution in [0.5, 0.6) is 0 Å². The molecular formula is C6H11N3O. The molecule has 4 nitrogen and oxygen atoms in total. The first kappa shape index (κ1) is 8.84. The Hall–Kier alpha value is -1.16. The van der Waals surface area contributed by atoms with Crippen LogP contribution >= 0.6 is 0 Å². The van der Waals surface area contributed by atoms with Crippen molar-refractivity contribution >= 4 is 11.4 Å². The Morgan fingerprint density at radius 2 is 2.10 bits per heavy atom. The number of nitrogens with two attached hydrogens (primary N) is 1. The summed E-state index contributed by atoms with van der Waals surface area (Å²) < 4.78 is 0. The highest BCUT2D eigenvalue weighted by Gasteiger charge is 1.94. The fraction of sp³-hybridized carbons (Fsp3) is 0.333. The van der Waals surface area contributed by atoms with Crippen molar-refractivity contribution in [2.24, 2.45) is 5.73 Å². The summed E-state index contributed by atoms with van der Waals surface area (Å²) in [6, 6.07) is 0. The third-order valence-electron chi connectivity index (χ3n) is 0.916. The highest BCUT2D eigenvalue weighted by atomic mass is 16.3. The van der Waals surface area contributed by atoms with Crippen LogP contribution < -0.4 is 5.73 Å². The van der Waals surface area contributed by atoms with Crippen LogP contribution in [-0.4, -0.2) is 23.1 Å². The minimum atomic E-state index is -0.268. The van der Waals surface area contributed by atoms with Gasteiger partial charge < -0.3 is 16.2 Å². The molecule has 0 heterocycles. The molecule has 0 aliphatic rings. The van der Waals surface area contributed by atoms with Crippen molar-refractivity contribution in [2.45, 2.75) is 6.92 Å². The highest BCUT2D eigenvalue weighted by molar-refractivity contribution is 6.43. The summed E-state index contributed by atoms with van der Waals surface area (Å²) in [6.07, 6.45) is 1.27. The van der Waals surface area contributed by atoms with Crippen LogP contribution in [0.3, 0.4) is 0 Å². The average Bonchev–Trinajstić information content (AvgIpc) is 1.87. The van der Waals surface area contributed by atoms with Crippen molar-refractivity contribution in [3.63, 3.8) is 0 Å². The Morgan fingerprint density at radius 1 is 1.60 bits per heavy atom. The maximum absolute atomic E-state index is 8.41. The molecule has 56 valence electrons. The molecule has 0 spiro atoms. The number of nitrogens with one attached hydrogen (secondary N) is 2. The lowest BCUT2D eigenvalue weighted by molar-refractivity contribution is 0.330. The van der Waals surface area contributed by atoms with Crippen molar-refractivity contribution in [2.75, 3.05) is 6.61 Å². The van der Waals surface area contributed by atoms with Gasteiger partial charge in [-0.3, -0.25) is 5.41 Å². The Balaban J connectivity index is 4.13. The molecule has 0 saturated carbocycles. The van der Waals surface area contributed by atoms with E-state index >= 15 is 0 Å². The predicted molar refractivity (Wildman–Crippen MR) is 40.5 cm³/mol. The molecular weight excluding hydrogens is 130 g/mol. The maximum Gasteiger partial charge on any atom is 0.0826 e. The van der Waals surface area contributed by atoms with Gasteiger partial charge in [0.25, 0.3) is 0 Å². The van der Waals surface area contributed by atoms with Crippen LogP contribution in [0.1, 0.15) is 6.92 Å². The summed E-state index contributed by atoms with van der Waals surface area (Å²) in [7, 11) is 0. The van der Waals surface area contributed by atoms with Crippen LogP contribution in [0.15, 0.2) is 11.8 Å². The molecule has 0 aliphatic heterocycles. The van der Waals surface area contributed by atoms with Gasteiger partial charge in [-0.25, -0.2) is 0 Å². The molecule has 0 atom stereocenters. The summed E-state index contributed by atoms with van der Waals surface area (Å²) >= 11 is 0. The second kappa shape index (κ2) is 3.79. The van der Waals surface area contributed by atoms with E-state index in [4.69, 9.17) is 21.7 Å². The van der Waals surface area contributed by atoms with Crippen molar-refractivity contribution in [3.8, 4) is 0 Å². The third-order valence-corrected chi connectivity index (χ3v) is 0.916. The van der Waals surface area contributed by atoms with Crippen LogP contribution in [0.2, 0.25) is 0 Å². The van der Waals surface area contributed by atoms with E-state index in [1.165, 1.54) is 13.0 Å². The minimum absolute atomic E-state index is 0.0338. The van der Waals surface area contributed by atoms with Crippen LogP contribution in [0, 0.1) is 10.8 Å². The molecule has 0 unspecified atom stereocenters. The average molecular weight is 141 g/mol. The normalized spacial score (nSPS) is 11.2. The van der Waals surface area contributed by atoms with E-state index in [1.807, 2.05) is 0 Å². The van der Waals surface area contributed by atoms with E-state index in [0.717, 1.165) is 0 Å². The second-order valence-corrected chi connectivity index (χ2v) is 1.92. The molecule has 0 aromatic rings. The van der Waals surface area contributed by atoms with Gasteiger partial charge in [0.1, 0.15) is 0 Å². The molecule has 0 rings (SSSR count). The summed E-state index contributed by atoms with van der Waals surface area (Å²) in [4.78, 5) is 0. The number of allylic oxidation sites excluding steroid dienone is 1. The Bertz CT molecular complexity index is 183. The fourth-order valence-corrected chi connectivity index (χ4v) is 0.339. The predicted octanol–water partition coefficient (Wildman–Crippen LogP) is -0.119. The lowest BCUT2D eigenvalue weighted by atomic mass is 10.2. The zero-order valence-corrected chi connectivity index (χ0v) is 5.81. The number of hydrogen-bond acceptors (Lipinski definition) is 4. The molecule has 0 aliphatic carbocycles. The topological polar surface area (TPSA) is 94.0 Å². The third kappa shape index (κ3) is 2.99. The smallest absolute Gasteiger partial charge is 0.0826 e. The van der Waals surface area contributed by atoms with Gasteiger partial charge in [0, 0.05) is 5.70 Å². The quantitative estimate of drug-likeness (QED) is 0.412. The van der Waals surface area contributed by atoms with Gasteiger partial charge in [0.05, 0.1) is 18.0 Å². The zero-order chi connectivity index (χ0) is 8.15. The Labute approximate surface area is 59.4 Å². The van der Waals surface area contributed by atoms with Gasteiger partial charge in [0.2, 0.25) is 0 Å². The standard InChI is InChI=1S/C6H11N3O/c1-4(7)6(9)2-5(8)3-10/h2,7,9-10H,3,8H2,1H3. The zero-order valence-electron chi connectivity index (χ0n) is 5.81. The maximum atomic E-state index is 8.41. The summed E-state index contributed by atoms with van der Waals surface area (Å²) in [5, 5.41) is 22.5. The van der Waals surface area contributed by atoms with E-state index in [2.05, 4.69) is 0 Å². The molecule has 0 bridgehead atoms. The molecule has 0 radical (unpaired) electrons. The number of hydrogen-bond donors (Lipinski definition) is 4. The monoisotopic (exact) mass is 141 g/mol. The molecule has 4 heteroatoms. The first-order chi connectivity index (χ1) is 4.57. The lowest BCUT2D eigenvalue weighted by Gasteiger charge is -1.95. The van der Waals surface area contributed by atoms with Gasteiger partial charge in [0.15, 0.2) is 0 Å². The van der Waals surface area contributed by atoms with Gasteiger partial charge in [-0.1, -0.05) is 0 Å². The fourth-order valence-electron chi connectivity index (χ4n) is 0.339. The van der Waals surface area contributed by atoms with Gasteiger partial charge in [-0.2, -0.15) is 0 Å². The number of aliphatic hydroxyl groups is 1. The molecule has 0 aromatic carbocycles. The highest BCUT2D eigenvalue weighted by Crippen LogP contribution is 1.85. The van der Waals surface area contributed by atoms with E-state index in [0.29, 0.717) is 0 Å². The van der Waals surface area contributed by atoms with E-state index in [9.17, 15) is 0 Å². The Morgan fingerprint density at radius 3 is 2.40 bits per heavy atom. The lowest BCUT2D eigenvalue weighted by Crippen LogP contribution is -2.10.